The average molecular weight is 507 g/mol. The molecule has 156 valence electrons. The number of aliphatic imine (C=N–C) groups is 1. The zero-order valence-corrected chi connectivity index (χ0v) is 19.5. The molecule has 0 atom stereocenters. The number of benzene rings is 1. The molecule has 0 aliphatic carbocycles. The minimum Gasteiger partial charge on any atom is -0.481 e. The Hall–Kier alpha value is -2.13. The Morgan fingerprint density at radius 3 is 2.59 bits per heavy atom. The van der Waals surface area contributed by atoms with Gasteiger partial charge in [-0.3, -0.25) is 9.89 Å². The maximum absolute atomic E-state index is 5.32. The summed E-state index contributed by atoms with van der Waals surface area (Å²) in [5.41, 5.74) is 2.27. The predicted octanol–water partition coefficient (Wildman–Crippen LogP) is 3.11. The highest BCUT2D eigenvalue weighted by atomic mass is 127. The van der Waals surface area contributed by atoms with E-state index in [1.54, 1.807) is 13.3 Å². The quantitative estimate of drug-likeness (QED) is 0.370. The number of nitrogens with one attached hydrogen (secondary N) is 1. The van der Waals surface area contributed by atoms with E-state index in [0.29, 0.717) is 12.4 Å². The molecule has 1 aliphatic heterocycles. The van der Waals surface area contributed by atoms with Crippen LogP contribution in [0.5, 0.6) is 5.88 Å². The predicted molar refractivity (Wildman–Crippen MR) is 130 cm³/mol. The van der Waals surface area contributed by atoms with Gasteiger partial charge in [0, 0.05) is 58.1 Å². The molecule has 2 aromatic rings. The summed E-state index contributed by atoms with van der Waals surface area (Å²) in [6, 6.07) is 14.4. The second kappa shape index (κ2) is 12.4. The molecular weight excluding hydrogens is 477 g/mol. The fraction of sp³-hybridized carbons (Fsp3) is 0.364. The van der Waals surface area contributed by atoms with E-state index in [2.05, 4.69) is 61.5 Å². The minimum atomic E-state index is 0. The number of methoxy groups -OCH3 is 1. The van der Waals surface area contributed by atoms with Crippen LogP contribution in [-0.4, -0.2) is 67.6 Å². The molecule has 0 saturated carbocycles. The number of rotatable bonds is 6. The number of guanidine groups is 1. The number of hydrogen-bond acceptors (Lipinski definition) is 4. The first-order valence-corrected chi connectivity index (χ1v) is 9.67. The van der Waals surface area contributed by atoms with Gasteiger partial charge in [0.05, 0.1) is 7.11 Å². The first-order valence-electron chi connectivity index (χ1n) is 9.67. The molecule has 2 heterocycles. The van der Waals surface area contributed by atoms with Crippen LogP contribution in [0.3, 0.4) is 0 Å². The Morgan fingerprint density at radius 2 is 1.90 bits per heavy atom. The van der Waals surface area contributed by atoms with Crippen LogP contribution in [0.4, 0.5) is 0 Å². The van der Waals surface area contributed by atoms with Crippen molar-refractivity contribution in [1.82, 2.24) is 20.1 Å². The number of nitrogens with zero attached hydrogens (tertiary/aromatic N) is 4. The lowest BCUT2D eigenvalue weighted by Crippen LogP contribution is -2.52. The monoisotopic (exact) mass is 507 g/mol. The van der Waals surface area contributed by atoms with E-state index in [-0.39, 0.29) is 24.0 Å². The van der Waals surface area contributed by atoms with E-state index in [9.17, 15) is 0 Å². The molecule has 6 nitrogen and oxygen atoms in total. The summed E-state index contributed by atoms with van der Waals surface area (Å²) in [4.78, 5) is 13.5. The third-order valence-corrected chi connectivity index (χ3v) is 4.84. The fourth-order valence-electron chi connectivity index (χ4n) is 3.29. The number of aromatic nitrogens is 1. The third kappa shape index (κ3) is 7.01. The maximum Gasteiger partial charge on any atom is 0.218 e. The van der Waals surface area contributed by atoms with Crippen LogP contribution in [0.1, 0.15) is 11.1 Å². The van der Waals surface area contributed by atoms with Gasteiger partial charge in [-0.25, -0.2) is 4.98 Å². The van der Waals surface area contributed by atoms with Gasteiger partial charge in [0.2, 0.25) is 5.88 Å². The summed E-state index contributed by atoms with van der Waals surface area (Å²) < 4.78 is 5.32. The Morgan fingerprint density at radius 1 is 1.14 bits per heavy atom. The van der Waals surface area contributed by atoms with Gasteiger partial charge in [-0.2, -0.15) is 0 Å². The summed E-state index contributed by atoms with van der Waals surface area (Å²) >= 11 is 0. The topological polar surface area (TPSA) is 53.0 Å². The zero-order valence-electron chi connectivity index (χ0n) is 17.1. The maximum atomic E-state index is 5.32. The lowest BCUT2D eigenvalue weighted by Gasteiger charge is -2.36. The van der Waals surface area contributed by atoms with Crippen molar-refractivity contribution in [3.63, 3.8) is 0 Å². The highest BCUT2D eigenvalue weighted by Crippen LogP contribution is 2.13. The van der Waals surface area contributed by atoms with E-state index in [1.807, 2.05) is 25.2 Å². The van der Waals surface area contributed by atoms with Crippen molar-refractivity contribution < 1.29 is 4.74 Å². The molecule has 1 N–H and O–H groups in total. The molecule has 0 spiro atoms. The molecule has 0 radical (unpaired) electrons. The smallest absolute Gasteiger partial charge is 0.218 e. The van der Waals surface area contributed by atoms with Gasteiger partial charge in [0.1, 0.15) is 0 Å². The van der Waals surface area contributed by atoms with Gasteiger partial charge in [-0.15, -0.1) is 24.0 Å². The van der Waals surface area contributed by atoms with Crippen molar-refractivity contribution >= 4 is 36.0 Å². The number of piperazine rings is 1. The Kier molecular flexibility index (Phi) is 9.93. The molecular formula is C22H30IN5O. The number of pyridine rings is 1. The van der Waals surface area contributed by atoms with Crippen molar-refractivity contribution in [2.24, 2.45) is 4.99 Å². The van der Waals surface area contributed by atoms with Crippen molar-refractivity contribution in [2.75, 3.05) is 46.9 Å². The van der Waals surface area contributed by atoms with Gasteiger partial charge in [-0.05, 0) is 11.6 Å². The lowest BCUT2D eigenvalue weighted by molar-refractivity contribution is 0.194. The minimum absolute atomic E-state index is 0. The van der Waals surface area contributed by atoms with Gasteiger partial charge < -0.3 is 15.0 Å². The van der Waals surface area contributed by atoms with Crippen molar-refractivity contribution in [2.45, 2.75) is 6.54 Å². The molecule has 1 aliphatic rings. The molecule has 1 saturated heterocycles. The van der Waals surface area contributed by atoms with Gasteiger partial charge in [0.15, 0.2) is 5.96 Å². The Bertz CT molecular complexity index is 789. The van der Waals surface area contributed by atoms with E-state index in [4.69, 9.17) is 4.74 Å². The van der Waals surface area contributed by atoms with Crippen molar-refractivity contribution in [3.8, 4) is 5.88 Å². The van der Waals surface area contributed by atoms with E-state index >= 15 is 0 Å². The Labute approximate surface area is 190 Å². The van der Waals surface area contributed by atoms with Crippen LogP contribution in [0, 0.1) is 0 Å². The summed E-state index contributed by atoms with van der Waals surface area (Å²) in [7, 11) is 3.48. The van der Waals surface area contributed by atoms with Crippen LogP contribution in [-0.2, 0) is 6.54 Å². The van der Waals surface area contributed by atoms with Crippen LogP contribution in [0.15, 0.2) is 59.7 Å². The SMILES string of the molecule is CN=C(NCc1cccnc1OC)N1CCN(C/C=C/c2ccccc2)CC1.I. The van der Waals surface area contributed by atoms with Crippen LogP contribution < -0.4 is 10.1 Å². The number of ether oxygens (including phenoxy) is 1. The first kappa shape index (κ1) is 23.2. The van der Waals surface area contributed by atoms with Gasteiger partial charge in [-0.1, -0.05) is 48.6 Å². The lowest BCUT2D eigenvalue weighted by atomic mass is 10.2. The summed E-state index contributed by atoms with van der Waals surface area (Å²) in [6.45, 7) is 5.59. The van der Waals surface area contributed by atoms with E-state index in [0.717, 1.165) is 44.2 Å². The first-order chi connectivity index (χ1) is 13.8. The molecule has 1 fully saturated rings. The summed E-state index contributed by atoms with van der Waals surface area (Å²) in [5.74, 6) is 1.57. The van der Waals surface area contributed by atoms with Crippen molar-refractivity contribution in [1.29, 1.82) is 0 Å². The van der Waals surface area contributed by atoms with E-state index in [1.165, 1.54) is 5.56 Å². The number of halogens is 1. The second-order valence-corrected chi connectivity index (χ2v) is 6.67. The molecule has 0 amide bonds. The van der Waals surface area contributed by atoms with Gasteiger partial charge in [0.25, 0.3) is 0 Å². The molecule has 29 heavy (non-hydrogen) atoms. The fourth-order valence-corrected chi connectivity index (χ4v) is 3.29. The summed E-state index contributed by atoms with van der Waals surface area (Å²) in [5, 5.41) is 3.43. The number of hydrogen-bond donors (Lipinski definition) is 1. The summed E-state index contributed by atoms with van der Waals surface area (Å²) in [6.07, 6.45) is 6.17. The largest absolute Gasteiger partial charge is 0.481 e. The average Bonchev–Trinajstić information content (AvgIpc) is 2.76. The van der Waals surface area contributed by atoms with E-state index < -0.39 is 0 Å². The highest BCUT2D eigenvalue weighted by molar-refractivity contribution is 14.0. The standard InChI is InChI=1S/C22H29N5O.HI/c1-23-22(25-18-20-11-6-12-24-21(20)28-2)27-16-14-26(15-17-27)13-7-10-19-8-4-3-5-9-19;/h3-12H,13-18H2,1-2H3,(H,23,25);1H/b10-7+;. The molecule has 1 aromatic carbocycles. The van der Waals surface area contributed by atoms with Gasteiger partial charge >= 0.3 is 0 Å². The molecule has 0 bridgehead atoms. The van der Waals surface area contributed by atoms with Crippen molar-refractivity contribution in [3.05, 3.63) is 65.9 Å². The highest BCUT2D eigenvalue weighted by Gasteiger charge is 2.19. The van der Waals surface area contributed by atoms with Crippen LogP contribution >= 0.6 is 24.0 Å². The molecule has 1 aromatic heterocycles. The normalized spacial score (nSPS) is 15.2. The van der Waals surface area contributed by atoms with Crippen LogP contribution in [0.2, 0.25) is 0 Å². The van der Waals surface area contributed by atoms with Crippen LogP contribution in [0.25, 0.3) is 6.08 Å². The molecule has 7 heteroatoms. The molecule has 3 rings (SSSR count). The third-order valence-electron chi connectivity index (χ3n) is 4.84. The second-order valence-electron chi connectivity index (χ2n) is 6.67. The zero-order chi connectivity index (χ0) is 19.6. The Balaban J connectivity index is 0.00000300. The molecule has 0 unspecified atom stereocenters.